The van der Waals surface area contributed by atoms with Crippen molar-refractivity contribution in [1.29, 1.82) is 0 Å². The van der Waals surface area contributed by atoms with Crippen LogP contribution in [0.4, 0.5) is 0 Å². The molecule has 2 aromatic heterocycles. The molecule has 126 valence electrons. The smallest absolute Gasteiger partial charge is 0.224 e. The van der Waals surface area contributed by atoms with Crippen LogP contribution in [-0.4, -0.2) is 27.0 Å². The predicted octanol–water partition coefficient (Wildman–Crippen LogP) is 3.20. The molecule has 5 nitrogen and oxygen atoms in total. The van der Waals surface area contributed by atoms with Gasteiger partial charge in [-0.25, -0.2) is 9.50 Å². The van der Waals surface area contributed by atoms with E-state index in [9.17, 15) is 4.79 Å². The minimum absolute atomic E-state index is 0.0414. The summed E-state index contributed by atoms with van der Waals surface area (Å²) < 4.78 is 1.86. The maximum atomic E-state index is 12.2. The summed E-state index contributed by atoms with van der Waals surface area (Å²) in [5, 5.41) is 8.67. The third-order valence-corrected chi connectivity index (χ3v) is 4.40. The van der Waals surface area contributed by atoms with Crippen molar-refractivity contribution in [3.63, 3.8) is 0 Å². The number of hydrogen-bond acceptors (Lipinski definition) is 3. The van der Waals surface area contributed by atoms with E-state index in [2.05, 4.69) is 24.3 Å². The normalized spacial score (nSPS) is 11.5. The number of amides is 1. The minimum Gasteiger partial charge on any atom is -0.356 e. The first-order valence-corrected chi connectivity index (χ1v) is 8.47. The highest BCUT2D eigenvalue weighted by atomic mass is 16.1. The van der Waals surface area contributed by atoms with Crippen LogP contribution in [0.25, 0.3) is 16.6 Å². The second-order valence-electron chi connectivity index (χ2n) is 6.72. The molecule has 0 saturated carbocycles. The van der Waals surface area contributed by atoms with Crippen LogP contribution in [0.15, 0.2) is 24.3 Å². The van der Waals surface area contributed by atoms with Gasteiger partial charge in [0.15, 0.2) is 5.65 Å². The molecule has 0 aliphatic heterocycles. The summed E-state index contributed by atoms with van der Waals surface area (Å²) in [7, 11) is 0. The lowest BCUT2D eigenvalue weighted by atomic mass is 10.1. The van der Waals surface area contributed by atoms with Crippen LogP contribution in [0.3, 0.4) is 0 Å². The number of rotatable bonds is 5. The first-order valence-electron chi connectivity index (χ1n) is 8.47. The van der Waals surface area contributed by atoms with Gasteiger partial charge < -0.3 is 5.32 Å². The number of nitrogens with one attached hydrogen (secondary N) is 1. The second kappa shape index (κ2) is 6.59. The van der Waals surface area contributed by atoms with Gasteiger partial charge in [0.1, 0.15) is 0 Å². The van der Waals surface area contributed by atoms with Crippen LogP contribution in [0.1, 0.15) is 37.2 Å². The Bertz CT molecular complexity index is 895. The maximum Gasteiger partial charge on any atom is 0.224 e. The van der Waals surface area contributed by atoms with Crippen LogP contribution < -0.4 is 5.32 Å². The van der Waals surface area contributed by atoms with Crippen LogP contribution in [0.5, 0.6) is 0 Å². The molecule has 0 saturated heterocycles. The predicted molar refractivity (Wildman–Crippen MR) is 96.1 cm³/mol. The third kappa shape index (κ3) is 3.11. The zero-order valence-electron chi connectivity index (χ0n) is 14.8. The number of carbonyl (C=O) groups is 1. The first kappa shape index (κ1) is 16.4. The minimum atomic E-state index is 0.0414. The van der Waals surface area contributed by atoms with Gasteiger partial charge in [0.25, 0.3) is 0 Å². The Labute approximate surface area is 142 Å². The Hall–Kier alpha value is -2.43. The van der Waals surface area contributed by atoms with E-state index < -0.39 is 0 Å². The monoisotopic (exact) mass is 324 g/mol. The van der Waals surface area contributed by atoms with Crippen molar-refractivity contribution in [2.24, 2.45) is 5.92 Å². The van der Waals surface area contributed by atoms with E-state index in [0.717, 1.165) is 46.5 Å². The molecule has 1 amide bonds. The van der Waals surface area contributed by atoms with Gasteiger partial charge in [0, 0.05) is 28.9 Å². The topological polar surface area (TPSA) is 59.3 Å². The molecule has 0 unspecified atom stereocenters. The Balaban J connectivity index is 1.91. The average molecular weight is 324 g/mol. The molecule has 2 heterocycles. The fraction of sp³-hybridized carbons (Fsp3) is 0.421. The molecule has 1 aromatic carbocycles. The van der Waals surface area contributed by atoms with Crippen molar-refractivity contribution < 1.29 is 4.79 Å². The molecule has 24 heavy (non-hydrogen) atoms. The molecule has 5 heteroatoms. The summed E-state index contributed by atoms with van der Waals surface area (Å²) >= 11 is 0. The van der Waals surface area contributed by atoms with Crippen LogP contribution in [0.2, 0.25) is 0 Å². The molecule has 0 atom stereocenters. The highest BCUT2D eigenvalue weighted by Gasteiger charge is 2.16. The molecule has 3 aromatic rings. The molecule has 0 fully saturated rings. The largest absolute Gasteiger partial charge is 0.356 e. The molecule has 3 rings (SSSR count). The molecule has 0 radical (unpaired) electrons. The first-order chi connectivity index (χ1) is 11.5. The quantitative estimate of drug-likeness (QED) is 0.784. The van der Waals surface area contributed by atoms with Crippen LogP contribution >= 0.6 is 0 Å². The van der Waals surface area contributed by atoms with E-state index in [1.54, 1.807) is 0 Å². The second-order valence-corrected chi connectivity index (χ2v) is 6.72. The number of aromatic nitrogens is 3. The summed E-state index contributed by atoms with van der Waals surface area (Å²) in [6.45, 7) is 8.99. The third-order valence-electron chi connectivity index (χ3n) is 4.40. The van der Waals surface area contributed by atoms with Crippen LogP contribution in [0, 0.1) is 19.8 Å². The Morgan fingerprint density at radius 1 is 1.25 bits per heavy atom. The number of carbonyl (C=O) groups excluding carboxylic acids is 1. The van der Waals surface area contributed by atoms with E-state index in [1.807, 2.05) is 42.6 Å². The molecule has 0 spiro atoms. The van der Waals surface area contributed by atoms with Gasteiger partial charge in [-0.3, -0.25) is 4.79 Å². The van der Waals surface area contributed by atoms with Gasteiger partial charge in [-0.05, 0) is 38.3 Å². The van der Waals surface area contributed by atoms with Crippen molar-refractivity contribution in [1.82, 2.24) is 19.9 Å². The van der Waals surface area contributed by atoms with Gasteiger partial charge in [0.05, 0.1) is 11.9 Å². The highest BCUT2D eigenvalue weighted by molar-refractivity contribution is 5.92. The Morgan fingerprint density at radius 2 is 2.00 bits per heavy atom. The lowest BCUT2D eigenvalue weighted by molar-refractivity contribution is -0.120. The van der Waals surface area contributed by atoms with Crippen LogP contribution in [-0.2, 0) is 11.2 Å². The lowest BCUT2D eigenvalue weighted by Crippen LogP contribution is -2.27. The van der Waals surface area contributed by atoms with E-state index >= 15 is 0 Å². The summed E-state index contributed by atoms with van der Waals surface area (Å²) in [6.07, 6.45) is 1.33. The Morgan fingerprint density at radius 3 is 2.75 bits per heavy atom. The molecule has 0 aliphatic rings. The summed E-state index contributed by atoms with van der Waals surface area (Å²) in [6, 6.07) is 7.98. The number of aryl methyl sites for hydroxylation is 2. The van der Waals surface area contributed by atoms with Crippen molar-refractivity contribution in [3.05, 3.63) is 41.2 Å². The summed E-state index contributed by atoms with van der Waals surface area (Å²) in [5.41, 5.74) is 4.60. The van der Waals surface area contributed by atoms with E-state index in [0.29, 0.717) is 12.3 Å². The number of nitrogens with zero attached hydrogens (tertiary/aromatic N) is 3. The van der Waals surface area contributed by atoms with Crippen molar-refractivity contribution in [2.45, 2.75) is 40.5 Å². The number of benzene rings is 1. The molecule has 0 bridgehead atoms. The zero-order valence-corrected chi connectivity index (χ0v) is 14.8. The number of hydrogen-bond donors (Lipinski definition) is 1. The zero-order chi connectivity index (χ0) is 17.3. The van der Waals surface area contributed by atoms with E-state index in [4.69, 9.17) is 4.98 Å². The van der Waals surface area contributed by atoms with Gasteiger partial charge in [-0.15, -0.1) is 0 Å². The molecule has 0 aliphatic carbocycles. The van der Waals surface area contributed by atoms with Gasteiger partial charge in [-0.2, -0.15) is 5.10 Å². The molecular weight excluding hydrogens is 300 g/mol. The average Bonchev–Trinajstić information content (AvgIpc) is 2.90. The van der Waals surface area contributed by atoms with E-state index in [-0.39, 0.29) is 5.91 Å². The fourth-order valence-electron chi connectivity index (χ4n) is 2.96. The summed E-state index contributed by atoms with van der Waals surface area (Å²) in [4.78, 5) is 16.9. The summed E-state index contributed by atoms with van der Waals surface area (Å²) in [5.74, 6) is 0.628. The SMILES string of the molecule is Cc1nc2c3ccccc3nn2c(C)c1CC(=O)NCCC(C)C. The van der Waals surface area contributed by atoms with Crippen molar-refractivity contribution in [3.8, 4) is 0 Å². The molecular formula is C19H24N4O. The van der Waals surface area contributed by atoms with Crippen molar-refractivity contribution in [2.75, 3.05) is 6.54 Å². The van der Waals surface area contributed by atoms with Gasteiger partial charge in [-0.1, -0.05) is 26.0 Å². The number of fused-ring (bicyclic) bond motifs is 3. The van der Waals surface area contributed by atoms with E-state index in [1.165, 1.54) is 0 Å². The Kier molecular flexibility index (Phi) is 4.51. The maximum absolute atomic E-state index is 12.2. The molecule has 1 N–H and O–H groups in total. The fourth-order valence-corrected chi connectivity index (χ4v) is 2.96. The van der Waals surface area contributed by atoms with Gasteiger partial charge >= 0.3 is 0 Å². The lowest BCUT2D eigenvalue weighted by Gasteiger charge is -2.12. The van der Waals surface area contributed by atoms with Gasteiger partial charge in [0.2, 0.25) is 5.91 Å². The highest BCUT2D eigenvalue weighted by Crippen LogP contribution is 2.22. The van der Waals surface area contributed by atoms with Crippen molar-refractivity contribution >= 4 is 22.5 Å². The standard InChI is InChI=1S/C19H24N4O/c1-12(2)9-10-20-18(24)11-16-13(3)21-19-15-7-5-6-8-17(15)22-23(19)14(16)4/h5-8,12H,9-11H2,1-4H3,(H,20,24).